The second-order valence-corrected chi connectivity index (χ2v) is 3.66. The van der Waals surface area contributed by atoms with E-state index in [1.54, 1.807) is 0 Å². The van der Waals surface area contributed by atoms with Crippen molar-refractivity contribution in [3.05, 3.63) is 11.6 Å². The standard InChI is InChI=1S/C10H18O2/c1-8(7-11)6-9-4-2-3-5-10(9)12/h6,8,10-12H,2-5,7H2,1H3/b9-6-/t8-,10-/m1/s1. The van der Waals surface area contributed by atoms with Crippen LogP contribution in [0.1, 0.15) is 32.6 Å². The van der Waals surface area contributed by atoms with E-state index in [4.69, 9.17) is 5.11 Å². The molecular weight excluding hydrogens is 152 g/mol. The van der Waals surface area contributed by atoms with Crippen molar-refractivity contribution < 1.29 is 10.2 Å². The monoisotopic (exact) mass is 170 g/mol. The topological polar surface area (TPSA) is 40.5 Å². The zero-order chi connectivity index (χ0) is 8.97. The average molecular weight is 170 g/mol. The molecule has 0 spiro atoms. The number of hydrogen-bond acceptors (Lipinski definition) is 2. The molecule has 1 fully saturated rings. The molecule has 2 nitrogen and oxygen atoms in total. The predicted octanol–water partition coefficient (Wildman–Crippen LogP) is 1.48. The first-order valence-electron chi connectivity index (χ1n) is 4.73. The fourth-order valence-electron chi connectivity index (χ4n) is 1.63. The molecular formula is C10H18O2. The highest BCUT2D eigenvalue weighted by Gasteiger charge is 2.15. The quantitative estimate of drug-likeness (QED) is 0.616. The summed E-state index contributed by atoms with van der Waals surface area (Å²) >= 11 is 0. The van der Waals surface area contributed by atoms with Gasteiger partial charge >= 0.3 is 0 Å². The summed E-state index contributed by atoms with van der Waals surface area (Å²) in [6, 6.07) is 0. The first kappa shape index (κ1) is 9.75. The molecule has 0 aromatic heterocycles. The van der Waals surface area contributed by atoms with Crippen LogP contribution in [0.5, 0.6) is 0 Å². The minimum atomic E-state index is -0.243. The summed E-state index contributed by atoms with van der Waals surface area (Å²) in [6.07, 6.45) is 5.99. The molecule has 0 unspecified atom stereocenters. The molecule has 0 aromatic rings. The normalized spacial score (nSPS) is 30.6. The van der Waals surface area contributed by atoms with Gasteiger partial charge in [0, 0.05) is 6.61 Å². The molecule has 12 heavy (non-hydrogen) atoms. The summed E-state index contributed by atoms with van der Waals surface area (Å²) in [7, 11) is 0. The second-order valence-electron chi connectivity index (χ2n) is 3.66. The molecule has 2 N–H and O–H groups in total. The van der Waals surface area contributed by atoms with Crippen LogP contribution >= 0.6 is 0 Å². The Balaban J connectivity index is 2.52. The van der Waals surface area contributed by atoms with Gasteiger partial charge in [0.15, 0.2) is 0 Å². The Morgan fingerprint density at radius 3 is 2.92 bits per heavy atom. The van der Waals surface area contributed by atoms with E-state index in [9.17, 15) is 5.11 Å². The minimum absolute atomic E-state index is 0.177. The van der Waals surface area contributed by atoms with Crippen LogP contribution in [0.25, 0.3) is 0 Å². The third-order valence-electron chi connectivity index (χ3n) is 2.41. The van der Waals surface area contributed by atoms with Crippen LogP contribution in [0.3, 0.4) is 0 Å². The van der Waals surface area contributed by atoms with Gasteiger partial charge in [-0.1, -0.05) is 19.4 Å². The van der Waals surface area contributed by atoms with Crippen LogP contribution < -0.4 is 0 Å². The van der Waals surface area contributed by atoms with Crippen LogP contribution in [0.2, 0.25) is 0 Å². The molecule has 0 radical (unpaired) electrons. The highest BCUT2D eigenvalue weighted by molar-refractivity contribution is 5.11. The molecule has 0 aromatic carbocycles. The Labute approximate surface area is 73.9 Å². The van der Waals surface area contributed by atoms with Gasteiger partial charge in [-0.25, -0.2) is 0 Å². The molecule has 2 atom stereocenters. The van der Waals surface area contributed by atoms with Gasteiger partial charge in [-0.2, -0.15) is 0 Å². The maximum Gasteiger partial charge on any atom is 0.0750 e. The zero-order valence-electron chi connectivity index (χ0n) is 7.66. The Morgan fingerprint density at radius 1 is 1.58 bits per heavy atom. The minimum Gasteiger partial charge on any atom is -0.396 e. The molecule has 0 heterocycles. The average Bonchev–Trinajstić information content (AvgIpc) is 2.09. The third kappa shape index (κ3) is 2.61. The van der Waals surface area contributed by atoms with Crippen molar-refractivity contribution in [2.75, 3.05) is 6.61 Å². The lowest BCUT2D eigenvalue weighted by atomic mass is 9.90. The summed E-state index contributed by atoms with van der Waals surface area (Å²) in [4.78, 5) is 0. The fraction of sp³-hybridized carbons (Fsp3) is 0.800. The second kappa shape index (κ2) is 4.63. The molecule has 1 rings (SSSR count). The van der Waals surface area contributed by atoms with E-state index in [0.29, 0.717) is 0 Å². The molecule has 0 bridgehead atoms. The number of hydrogen-bond donors (Lipinski definition) is 2. The van der Waals surface area contributed by atoms with E-state index in [-0.39, 0.29) is 18.6 Å². The first-order chi connectivity index (χ1) is 5.74. The molecule has 70 valence electrons. The smallest absolute Gasteiger partial charge is 0.0750 e. The maximum atomic E-state index is 9.56. The SMILES string of the molecule is C[C@H](/C=C1/CCCC[C@H]1O)CO. The number of aliphatic hydroxyl groups excluding tert-OH is 2. The van der Waals surface area contributed by atoms with Crippen molar-refractivity contribution in [3.63, 3.8) is 0 Å². The van der Waals surface area contributed by atoms with Crippen LogP contribution in [0, 0.1) is 5.92 Å². The summed E-state index contributed by atoms with van der Waals surface area (Å²) in [5.41, 5.74) is 1.13. The molecule has 0 amide bonds. The van der Waals surface area contributed by atoms with Crippen molar-refractivity contribution in [1.82, 2.24) is 0 Å². The van der Waals surface area contributed by atoms with Crippen molar-refractivity contribution in [3.8, 4) is 0 Å². The lowest BCUT2D eigenvalue weighted by molar-refractivity contribution is 0.176. The van der Waals surface area contributed by atoms with Gasteiger partial charge in [0.05, 0.1) is 6.10 Å². The Hall–Kier alpha value is -0.340. The highest BCUT2D eigenvalue weighted by Crippen LogP contribution is 2.24. The fourth-order valence-corrected chi connectivity index (χ4v) is 1.63. The van der Waals surface area contributed by atoms with E-state index < -0.39 is 0 Å². The molecule has 0 aliphatic heterocycles. The highest BCUT2D eigenvalue weighted by atomic mass is 16.3. The van der Waals surface area contributed by atoms with Gasteiger partial charge < -0.3 is 10.2 Å². The lowest BCUT2D eigenvalue weighted by Crippen LogP contribution is -2.16. The van der Waals surface area contributed by atoms with Crippen LogP contribution in [0.4, 0.5) is 0 Å². The van der Waals surface area contributed by atoms with Gasteiger partial charge in [0.2, 0.25) is 0 Å². The van der Waals surface area contributed by atoms with Crippen molar-refractivity contribution in [1.29, 1.82) is 0 Å². The van der Waals surface area contributed by atoms with Crippen LogP contribution in [-0.4, -0.2) is 22.9 Å². The Kier molecular flexibility index (Phi) is 3.76. The van der Waals surface area contributed by atoms with Crippen molar-refractivity contribution in [2.24, 2.45) is 5.92 Å². The number of aliphatic hydroxyl groups is 2. The van der Waals surface area contributed by atoms with E-state index in [2.05, 4.69) is 0 Å². The summed E-state index contributed by atoms with van der Waals surface area (Å²) in [6.45, 7) is 2.14. The first-order valence-corrected chi connectivity index (χ1v) is 4.73. The van der Waals surface area contributed by atoms with Gasteiger partial charge in [-0.15, -0.1) is 0 Å². The van der Waals surface area contributed by atoms with Gasteiger partial charge in [0.1, 0.15) is 0 Å². The van der Waals surface area contributed by atoms with Crippen LogP contribution in [-0.2, 0) is 0 Å². The number of rotatable bonds is 2. The van der Waals surface area contributed by atoms with Gasteiger partial charge in [0.25, 0.3) is 0 Å². The summed E-state index contributed by atoms with van der Waals surface area (Å²) < 4.78 is 0. The van der Waals surface area contributed by atoms with Crippen LogP contribution in [0.15, 0.2) is 11.6 Å². The van der Waals surface area contributed by atoms with Gasteiger partial charge in [-0.3, -0.25) is 0 Å². The molecule has 2 heteroatoms. The molecule has 1 aliphatic carbocycles. The van der Waals surface area contributed by atoms with E-state index >= 15 is 0 Å². The molecule has 0 saturated heterocycles. The van der Waals surface area contributed by atoms with E-state index in [1.807, 2.05) is 13.0 Å². The zero-order valence-corrected chi connectivity index (χ0v) is 7.66. The van der Waals surface area contributed by atoms with E-state index in [1.165, 1.54) is 6.42 Å². The molecule has 1 saturated carbocycles. The van der Waals surface area contributed by atoms with Crippen molar-refractivity contribution >= 4 is 0 Å². The predicted molar refractivity (Wildman–Crippen MR) is 48.8 cm³/mol. The Bertz CT molecular complexity index is 163. The maximum absolute atomic E-state index is 9.56. The lowest BCUT2D eigenvalue weighted by Gasteiger charge is -2.21. The van der Waals surface area contributed by atoms with Crippen molar-refractivity contribution in [2.45, 2.75) is 38.7 Å². The van der Waals surface area contributed by atoms with E-state index in [0.717, 1.165) is 24.8 Å². The Morgan fingerprint density at radius 2 is 2.33 bits per heavy atom. The summed E-state index contributed by atoms with van der Waals surface area (Å²) in [5.74, 6) is 0.188. The van der Waals surface area contributed by atoms with Gasteiger partial charge in [-0.05, 0) is 30.8 Å². The summed E-state index contributed by atoms with van der Waals surface area (Å²) in [5, 5.41) is 18.4. The largest absolute Gasteiger partial charge is 0.396 e. The molecule has 1 aliphatic rings. The third-order valence-corrected chi connectivity index (χ3v) is 2.41.